The van der Waals surface area contributed by atoms with E-state index in [1.165, 1.54) is 0 Å². The van der Waals surface area contributed by atoms with E-state index < -0.39 is 6.04 Å². The van der Waals surface area contributed by atoms with Crippen LogP contribution in [-0.4, -0.2) is 4.57 Å². The number of rotatable bonds is 1. The van der Waals surface area contributed by atoms with Crippen LogP contribution in [0.3, 0.4) is 0 Å². The first-order chi connectivity index (χ1) is 16.2. The average Bonchev–Trinajstić information content (AvgIpc) is 3.40. The van der Waals surface area contributed by atoms with Gasteiger partial charge in [-0.15, -0.1) is 11.3 Å². The van der Waals surface area contributed by atoms with Gasteiger partial charge in [0, 0.05) is 30.7 Å². The van der Waals surface area contributed by atoms with E-state index >= 15 is 0 Å². The quantitative estimate of drug-likeness (QED) is 0.247. The molecule has 3 heteroatoms. The van der Waals surface area contributed by atoms with Crippen LogP contribution >= 0.6 is 27.3 Å². The molecule has 0 amide bonds. The third-order valence-electron chi connectivity index (χ3n) is 4.75. The van der Waals surface area contributed by atoms with Crippen molar-refractivity contribution < 1.29 is 9.60 Å². The molecule has 0 N–H and O–H groups in total. The lowest BCUT2D eigenvalue weighted by Gasteiger charge is -2.09. The molecule has 0 atom stereocenters. The molecule has 6 aromatic rings. The van der Waals surface area contributed by atoms with Gasteiger partial charge in [-0.25, -0.2) is 0 Å². The van der Waals surface area contributed by atoms with Gasteiger partial charge in [-0.2, -0.15) is 0 Å². The predicted octanol–water partition coefficient (Wildman–Crippen LogP) is 7.91. The maximum atomic E-state index is 8.78. The third kappa shape index (κ3) is 2.16. The number of aromatic nitrogens is 1. The topological polar surface area (TPSA) is 4.93 Å². The Morgan fingerprint density at radius 2 is 1.59 bits per heavy atom. The number of thiophene rings is 1. The van der Waals surface area contributed by atoms with Gasteiger partial charge in [-0.05, 0) is 36.3 Å². The largest absolute Gasteiger partial charge is 0.308 e. The monoisotopic (exact) mass is 434 g/mol. The number of hydrogen-bond donors (Lipinski definition) is 0. The number of benzene rings is 4. The number of para-hydroxylation sites is 1. The molecule has 6 rings (SSSR count). The average molecular weight is 435 g/mol. The van der Waals surface area contributed by atoms with E-state index in [1.54, 1.807) is 15.9 Å². The van der Waals surface area contributed by atoms with Crippen LogP contribution in [0.2, 0.25) is 0 Å². The fraction of sp³-hybridized carbons (Fsp3) is 0. The van der Waals surface area contributed by atoms with Crippen molar-refractivity contribution in [2.75, 3.05) is 0 Å². The molecule has 0 bridgehead atoms. The number of halogens is 1. The van der Waals surface area contributed by atoms with E-state index in [4.69, 9.17) is 9.60 Å². The van der Waals surface area contributed by atoms with Crippen LogP contribution in [0.4, 0.5) is 0 Å². The summed E-state index contributed by atoms with van der Waals surface area (Å²) in [4.78, 5) is 0. The van der Waals surface area contributed by atoms with E-state index in [2.05, 4.69) is 15.9 Å². The minimum absolute atomic E-state index is 0.0757. The number of fused-ring (bicyclic) bond motifs is 6. The molecule has 2 heterocycles. The maximum absolute atomic E-state index is 8.78. The Labute approximate surface area is 178 Å². The fourth-order valence-corrected chi connectivity index (χ4v) is 5.14. The van der Waals surface area contributed by atoms with Crippen LogP contribution in [0.15, 0.2) is 89.2 Å². The molecule has 0 aliphatic rings. The Balaban J connectivity index is 1.96. The summed E-state index contributed by atoms with van der Waals surface area (Å²) < 4.78 is 63.5. The lowest BCUT2D eigenvalue weighted by atomic mass is 10.1. The van der Waals surface area contributed by atoms with Gasteiger partial charge < -0.3 is 4.57 Å². The predicted molar refractivity (Wildman–Crippen MR) is 121 cm³/mol. The molecule has 0 fully saturated rings. The summed E-state index contributed by atoms with van der Waals surface area (Å²) in [5.41, 5.74) is 1.08. The minimum atomic E-state index is -0.395. The van der Waals surface area contributed by atoms with Crippen molar-refractivity contribution in [3.05, 3.63) is 89.2 Å². The van der Waals surface area contributed by atoms with E-state index in [-0.39, 0.29) is 62.5 Å². The zero-order valence-electron chi connectivity index (χ0n) is 20.8. The highest BCUT2D eigenvalue weighted by Gasteiger charge is 2.16. The summed E-state index contributed by atoms with van der Waals surface area (Å²) in [5, 5.41) is 2.48. The molecule has 0 aliphatic carbocycles. The highest BCUT2D eigenvalue weighted by Crippen LogP contribution is 2.40. The highest BCUT2D eigenvalue weighted by molar-refractivity contribution is 9.10. The van der Waals surface area contributed by atoms with Crippen LogP contribution in [0.25, 0.3) is 47.7 Å². The first-order valence-electron chi connectivity index (χ1n) is 11.8. The van der Waals surface area contributed by atoms with Crippen molar-refractivity contribution in [3.63, 3.8) is 0 Å². The molecular weight excluding hydrogens is 414 g/mol. The molecule has 0 saturated carbocycles. The molecular formula is C24H14BrNS. The van der Waals surface area contributed by atoms with Gasteiger partial charge in [-0.1, -0.05) is 64.4 Å². The van der Waals surface area contributed by atoms with Gasteiger partial charge in [0.25, 0.3) is 0 Å². The summed E-state index contributed by atoms with van der Waals surface area (Å²) in [7, 11) is 0. The van der Waals surface area contributed by atoms with Gasteiger partial charge in [0.05, 0.1) is 31.0 Å². The molecule has 0 spiro atoms. The molecule has 128 valence electrons. The lowest BCUT2D eigenvalue weighted by molar-refractivity contribution is 1.20. The first kappa shape index (κ1) is 10.1. The third-order valence-corrected chi connectivity index (χ3v) is 6.36. The summed E-state index contributed by atoms with van der Waals surface area (Å²) in [6, 6.07) is 12.1. The molecule has 0 radical (unpaired) electrons. The lowest BCUT2D eigenvalue weighted by Crippen LogP contribution is -1.93. The molecule has 27 heavy (non-hydrogen) atoms. The van der Waals surface area contributed by atoms with E-state index in [0.29, 0.717) is 5.69 Å². The highest BCUT2D eigenvalue weighted by atomic mass is 79.9. The first-order valence-corrected chi connectivity index (χ1v) is 9.95. The van der Waals surface area contributed by atoms with Gasteiger partial charge >= 0.3 is 0 Å². The van der Waals surface area contributed by atoms with Crippen molar-refractivity contribution in [3.8, 4) is 5.69 Å². The second-order valence-electron chi connectivity index (χ2n) is 6.22. The Morgan fingerprint density at radius 1 is 0.778 bits per heavy atom. The molecule has 0 saturated heterocycles. The molecule has 2 aromatic heterocycles. The van der Waals surface area contributed by atoms with Crippen molar-refractivity contribution in [1.82, 2.24) is 4.57 Å². The van der Waals surface area contributed by atoms with Crippen LogP contribution in [0.5, 0.6) is 0 Å². The molecule has 1 nitrogen and oxygen atoms in total. The second kappa shape index (κ2) is 5.69. The second-order valence-corrected chi connectivity index (χ2v) is 8.07. The van der Waals surface area contributed by atoms with Crippen LogP contribution < -0.4 is 0 Å². The number of hydrogen-bond acceptors (Lipinski definition) is 1. The Bertz CT molecular complexity index is 1780. The van der Waals surface area contributed by atoms with Crippen molar-refractivity contribution in [2.45, 2.75) is 0 Å². The van der Waals surface area contributed by atoms with Gasteiger partial charge in [0.2, 0.25) is 0 Å². The van der Waals surface area contributed by atoms with E-state index in [0.717, 1.165) is 20.2 Å². The van der Waals surface area contributed by atoms with Crippen molar-refractivity contribution in [2.24, 2.45) is 0 Å². The minimum Gasteiger partial charge on any atom is -0.308 e. The SMILES string of the molecule is [2H]c1c([2H])c([2H])c2c(c1[2H])c1c([2H])c(Br)c([2H])c([2H])c1n2-c1cccc2c1sc1ccccc12. The summed E-state index contributed by atoms with van der Waals surface area (Å²) >= 11 is 4.81. The Hall–Kier alpha value is -2.62. The van der Waals surface area contributed by atoms with Crippen LogP contribution in [0, 0.1) is 0 Å². The van der Waals surface area contributed by atoms with Gasteiger partial charge in [-0.3, -0.25) is 0 Å². The molecule has 0 unspecified atom stereocenters. The standard InChI is InChI=1S/C24H14BrNS/c25-15-12-13-21-19(14-15)16-6-1-3-9-20(16)26(21)22-10-5-8-18-17-7-2-4-11-23(17)27-24(18)22/h1-14H/i1D,3D,6D,9D,12D,13D,14D. The zero-order valence-corrected chi connectivity index (χ0v) is 16.2. The Kier molecular flexibility index (Phi) is 2.12. The fourth-order valence-electron chi connectivity index (χ4n) is 3.64. The van der Waals surface area contributed by atoms with E-state index in [1.807, 2.05) is 42.5 Å². The van der Waals surface area contributed by atoms with Gasteiger partial charge in [0.15, 0.2) is 0 Å². The summed E-state index contributed by atoms with van der Waals surface area (Å²) in [5.74, 6) is 0. The van der Waals surface area contributed by atoms with E-state index in [9.17, 15) is 0 Å². The summed E-state index contributed by atoms with van der Waals surface area (Å²) in [6.45, 7) is 0. The Morgan fingerprint density at radius 3 is 2.56 bits per heavy atom. The maximum Gasteiger partial charge on any atom is 0.0646 e. The van der Waals surface area contributed by atoms with Gasteiger partial charge in [0.1, 0.15) is 0 Å². The van der Waals surface area contributed by atoms with Crippen LogP contribution in [-0.2, 0) is 0 Å². The number of nitrogens with zero attached hydrogens (tertiary/aromatic N) is 1. The molecule has 0 aliphatic heterocycles. The smallest absolute Gasteiger partial charge is 0.0646 e. The van der Waals surface area contributed by atoms with Crippen LogP contribution in [0.1, 0.15) is 9.60 Å². The zero-order chi connectivity index (χ0) is 24.0. The molecule has 4 aromatic carbocycles. The summed E-state index contributed by atoms with van der Waals surface area (Å²) in [6.07, 6.45) is 0. The van der Waals surface area contributed by atoms with Crippen molar-refractivity contribution in [1.29, 1.82) is 0 Å². The van der Waals surface area contributed by atoms with Crippen molar-refractivity contribution >= 4 is 69.2 Å². The normalized spacial score (nSPS) is 15.5.